The molecule has 1 aliphatic carbocycles. The number of amides is 2. The zero-order valence-electron chi connectivity index (χ0n) is 13.5. The van der Waals surface area contributed by atoms with Crippen LogP contribution in [-0.2, 0) is 16.0 Å². The van der Waals surface area contributed by atoms with Crippen LogP contribution in [0.15, 0.2) is 18.2 Å². The monoisotopic (exact) mass is 330 g/mol. The van der Waals surface area contributed by atoms with Gasteiger partial charge in [-0.15, -0.1) is 0 Å². The van der Waals surface area contributed by atoms with Gasteiger partial charge >= 0.3 is 5.97 Å². The van der Waals surface area contributed by atoms with E-state index in [1.54, 1.807) is 18.2 Å². The lowest BCUT2D eigenvalue weighted by molar-refractivity contribution is -0.142. The number of aryl methyl sites for hydroxylation is 1. The van der Waals surface area contributed by atoms with Gasteiger partial charge in [-0.2, -0.15) is 0 Å². The summed E-state index contributed by atoms with van der Waals surface area (Å²) in [5, 5.41) is 15.1. The number of carboxylic acid groups (broad SMARTS) is 1. The van der Waals surface area contributed by atoms with Gasteiger partial charge in [0, 0.05) is 23.7 Å². The van der Waals surface area contributed by atoms with Gasteiger partial charge in [-0.3, -0.25) is 14.4 Å². The fraction of sp³-hybridized carbons (Fsp3) is 0.500. The van der Waals surface area contributed by atoms with E-state index in [9.17, 15) is 19.5 Å². The Bertz CT molecular complexity index is 671. The highest BCUT2D eigenvalue weighted by atomic mass is 16.4. The van der Waals surface area contributed by atoms with E-state index in [4.69, 9.17) is 0 Å². The zero-order valence-corrected chi connectivity index (χ0v) is 13.5. The first kappa shape index (κ1) is 16.5. The Hall–Kier alpha value is -2.37. The highest BCUT2D eigenvalue weighted by Crippen LogP contribution is 2.26. The van der Waals surface area contributed by atoms with E-state index in [-0.39, 0.29) is 17.9 Å². The summed E-state index contributed by atoms with van der Waals surface area (Å²) in [4.78, 5) is 35.4. The molecule has 6 nitrogen and oxygen atoms in total. The van der Waals surface area contributed by atoms with Crippen molar-refractivity contribution in [3.63, 3.8) is 0 Å². The van der Waals surface area contributed by atoms with Crippen molar-refractivity contribution in [3.05, 3.63) is 29.3 Å². The quantitative estimate of drug-likeness (QED) is 0.741. The third-order valence-electron chi connectivity index (χ3n) is 4.91. The second-order valence-electron chi connectivity index (χ2n) is 6.58. The molecule has 0 aromatic heterocycles. The van der Waals surface area contributed by atoms with Gasteiger partial charge in [0.15, 0.2) is 0 Å². The molecule has 1 fully saturated rings. The molecule has 2 amide bonds. The summed E-state index contributed by atoms with van der Waals surface area (Å²) in [6, 6.07) is 4.87. The number of nitrogens with one attached hydrogen (secondary N) is 2. The first-order valence-corrected chi connectivity index (χ1v) is 8.51. The number of aliphatic carboxylic acids is 1. The number of anilines is 1. The van der Waals surface area contributed by atoms with Crippen molar-refractivity contribution in [2.45, 2.75) is 51.0 Å². The number of fused-ring (bicyclic) bond motifs is 1. The fourth-order valence-electron chi connectivity index (χ4n) is 3.55. The van der Waals surface area contributed by atoms with Gasteiger partial charge < -0.3 is 15.7 Å². The number of benzene rings is 1. The van der Waals surface area contributed by atoms with Gasteiger partial charge in [0.05, 0.1) is 5.92 Å². The lowest BCUT2D eigenvalue weighted by Gasteiger charge is -2.23. The van der Waals surface area contributed by atoms with Crippen molar-refractivity contribution in [2.75, 3.05) is 5.32 Å². The lowest BCUT2D eigenvalue weighted by atomic mass is 9.94. The van der Waals surface area contributed by atoms with E-state index in [1.807, 2.05) is 0 Å². The molecule has 6 heteroatoms. The summed E-state index contributed by atoms with van der Waals surface area (Å²) < 4.78 is 0. The predicted octanol–water partition coefficient (Wildman–Crippen LogP) is 2.33. The molecule has 1 aliphatic heterocycles. The molecule has 3 rings (SSSR count). The normalized spacial score (nSPS) is 23.6. The Morgan fingerprint density at radius 2 is 1.92 bits per heavy atom. The molecule has 2 atom stereocenters. The van der Waals surface area contributed by atoms with E-state index in [1.165, 1.54) is 0 Å². The maximum Gasteiger partial charge on any atom is 0.308 e. The van der Waals surface area contributed by atoms with Crippen LogP contribution in [0.1, 0.15) is 54.4 Å². The summed E-state index contributed by atoms with van der Waals surface area (Å²) in [6.07, 6.45) is 5.17. The van der Waals surface area contributed by atoms with Crippen LogP contribution in [-0.4, -0.2) is 28.9 Å². The molecule has 1 saturated carbocycles. The van der Waals surface area contributed by atoms with Crippen molar-refractivity contribution >= 4 is 23.5 Å². The number of hydrogen-bond acceptors (Lipinski definition) is 3. The Balaban J connectivity index is 1.74. The highest BCUT2D eigenvalue weighted by Gasteiger charge is 2.31. The predicted molar refractivity (Wildman–Crippen MR) is 88.9 cm³/mol. The van der Waals surface area contributed by atoms with Gasteiger partial charge in [0.2, 0.25) is 5.91 Å². The Morgan fingerprint density at radius 3 is 2.71 bits per heavy atom. The number of carbonyl (C=O) groups is 3. The molecule has 1 heterocycles. The van der Waals surface area contributed by atoms with Gasteiger partial charge in [-0.1, -0.05) is 19.3 Å². The highest BCUT2D eigenvalue weighted by molar-refractivity contribution is 5.98. The van der Waals surface area contributed by atoms with Gasteiger partial charge in [0.1, 0.15) is 0 Å². The Morgan fingerprint density at radius 1 is 1.12 bits per heavy atom. The van der Waals surface area contributed by atoms with E-state index in [0.717, 1.165) is 30.5 Å². The maximum absolute atomic E-state index is 12.6. The van der Waals surface area contributed by atoms with Gasteiger partial charge in [-0.25, -0.2) is 0 Å². The second kappa shape index (κ2) is 7.03. The average molecular weight is 330 g/mol. The largest absolute Gasteiger partial charge is 0.481 e. The van der Waals surface area contributed by atoms with E-state index < -0.39 is 11.9 Å². The maximum atomic E-state index is 12.6. The average Bonchev–Trinajstić information content (AvgIpc) is 2.79. The smallest absolute Gasteiger partial charge is 0.308 e. The van der Waals surface area contributed by atoms with Crippen LogP contribution in [0.25, 0.3) is 0 Å². The van der Waals surface area contributed by atoms with Crippen molar-refractivity contribution in [1.82, 2.24) is 5.32 Å². The first-order valence-electron chi connectivity index (χ1n) is 8.51. The molecule has 128 valence electrons. The molecular formula is C18H22N2O4. The van der Waals surface area contributed by atoms with Crippen LogP contribution in [0.2, 0.25) is 0 Å². The van der Waals surface area contributed by atoms with Crippen LogP contribution in [0.4, 0.5) is 5.69 Å². The fourth-order valence-corrected chi connectivity index (χ4v) is 3.55. The molecule has 0 spiro atoms. The Labute approximate surface area is 140 Å². The van der Waals surface area contributed by atoms with Crippen LogP contribution in [0.3, 0.4) is 0 Å². The van der Waals surface area contributed by atoms with Crippen molar-refractivity contribution in [2.24, 2.45) is 5.92 Å². The summed E-state index contributed by atoms with van der Waals surface area (Å²) in [7, 11) is 0. The molecule has 1 aromatic rings. The Kier molecular flexibility index (Phi) is 4.83. The summed E-state index contributed by atoms with van der Waals surface area (Å²) in [5.74, 6) is -1.61. The number of rotatable bonds is 3. The third kappa shape index (κ3) is 3.58. The van der Waals surface area contributed by atoms with E-state index >= 15 is 0 Å². The van der Waals surface area contributed by atoms with Crippen molar-refractivity contribution in [3.8, 4) is 0 Å². The number of carbonyl (C=O) groups excluding carboxylic acids is 2. The molecule has 0 radical (unpaired) electrons. The minimum absolute atomic E-state index is 0.0116. The van der Waals surface area contributed by atoms with Crippen LogP contribution in [0, 0.1) is 5.92 Å². The SMILES string of the molecule is O=C1CCc2cc(C(=O)N[C@@H]3CCCCC[C@@H]3C(=O)O)ccc2N1. The molecule has 0 saturated heterocycles. The third-order valence-corrected chi connectivity index (χ3v) is 4.91. The minimum Gasteiger partial charge on any atom is -0.481 e. The molecular weight excluding hydrogens is 308 g/mol. The van der Waals surface area contributed by atoms with Gasteiger partial charge in [-0.05, 0) is 43.0 Å². The molecule has 0 bridgehead atoms. The molecule has 1 aromatic carbocycles. The van der Waals surface area contributed by atoms with Gasteiger partial charge in [0.25, 0.3) is 5.91 Å². The van der Waals surface area contributed by atoms with Crippen molar-refractivity contribution < 1.29 is 19.5 Å². The molecule has 2 aliphatic rings. The number of hydrogen-bond donors (Lipinski definition) is 3. The standard InChI is InChI=1S/C18H22N2O4/c21-16-9-7-11-10-12(6-8-14(11)19-16)17(22)20-15-5-3-1-2-4-13(15)18(23)24/h6,8,10,13,15H,1-5,7,9H2,(H,19,21)(H,20,22)(H,23,24)/t13-,15+/m0/s1. The zero-order chi connectivity index (χ0) is 17.1. The summed E-state index contributed by atoms with van der Waals surface area (Å²) in [5.41, 5.74) is 2.21. The molecule has 3 N–H and O–H groups in total. The van der Waals surface area contributed by atoms with E-state index in [0.29, 0.717) is 31.2 Å². The summed E-state index contributed by atoms with van der Waals surface area (Å²) in [6.45, 7) is 0. The molecule has 0 unspecified atom stereocenters. The second-order valence-corrected chi connectivity index (χ2v) is 6.58. The topological polar surface area (TPSA) is 95.5 Å². The van der Waals surface area contributed by atoms with Crippen LogP contribution >= 0.6 is 0 Å². The van der Waals surface area contributed by atoms with Crippen LogP contribution < -0.4 is 10.6 Å². The molecule has 24 heavy (non-hydrogen) atoms. The first-order chi connectivity index (χ1) is 11.5. The number of carboxylic acids is 1. The summed E-state index contributed by atoms with van der Waals surface area (Å²) >= 11 is 0. The van der Waals surface area contributed by atoms with Crippen molar-refractivity contribution in [1.29, 1.82) is 0 Å². The minimum atomic E-state index is -0.838. The lowest BCUT2D eigenvalue weighted by Crippen LogP contribution is -2.42. The van der Waals surface area contributed by atoms with E-state index in [2.05, 4.69) is 10.6 Å². The van der Waals surface area contributed by atoms with Crippen LogP contribution in [0.5, 0.6) is 0 Å².